The zero-order valence-corrected chi connectivity index (χ0v) is 45.0. The van der Waals surface area contributed by atoms with Gasteiger partial charge in [0.1, 0.15) is 0 Å². The smallest absolute Gasteiger partial charge is 0.264 e. The number of rotatable bonds is 19. The molecule has 4 saturated heterocycles. The molecule has 0 radical (unpaired) electrons. The Kier molecular flexibility index (Phi) is 16.5. The average molecular weight is 1110 g/mol. The van der Waals surface area contributed by atoms with Gasteiger partial charge in [0.05, 0.1) is 51.6 Å². The standard InChI is InChI=1S/C52H54Cl2N10O6S4/c53-35-19-29(9-11-33(35)41-23-59-49(73-41)31-25-63(26-31)51(69)39-13-15-45(71-39)61-47(67)37-5-3-17-55-37)21-57-43(65)7-1-2-8-44(66)58-22-30-10-12-34(36(54)20-30)42-24-60-50(74-42)32-27-64(28-32)52(70)40-14-16-46(72-40)62-48(68)38-6-4-18-56-38/h9-16,19-20,23-24,31-32,37-38,55-56H,1-8,17-18,21-22,25-28H2,(H,57,65)(H,58,66)(H,61,67)(H,62,68)/t37-,38-/m0/s1. The van der Waals surface area contributed by atoms with Crippen LogP contribution in [0.1, 0.15) is 104 Å². The van der Waals surface area contributed by atoms with Gasteiger partial charge < -0.3 is 41.7 Å². The van der Waals surface area contributed by atoms with Crippen molar-refractivity contribution in [2.75, 3.05) is 49.9 Å². The molecule has 16 nitrogen and oxygen atoms in total. The van der Waals surface area contributed by atoms with Crippen LogP contribution in [0.2, 0.25) is 10.0 Å². The Balaban J connectivity index is 0.595. The maximum atomic E-state index is 13.2. The first kappa shape index (κ1) is 51.9. The number of unbranched alkanes of at least 4 members (excludes halogenated alkanes) is 1. The van der Waals surface area contributed by atoms with Crippen LogP contribution in [0, 0.1) is 0 Å². The zero-order valence-electron chi connectivity index (χ0n) is 40.2. The Bertz CT molecular complexity index is 2860. The highest BCUT2D eigenvalue weighted by atomic mass is 35.5. The fraction of sp³-hybridized carbons (Fsp3) is 0.385. The van der Waals surface area contributed by atoms with Crippen molar-refractivity contribution in [1.82, 2.24) is 41.0 Å². The summed E-state index contributed by atoms with van der Waals surface area (Å²) in [5.41, 5.74) is 3.43. The molecule has 0 spiro atoms. The number of carbonyl (C=O) groups is 6. The molecular weight excluding hydrogens is 1060 g/mol. The Morgan fingerprint density at radius 2 is 1.01 bits per heavy atom. The minimum Gasteiger partial charge on any atom is -0.352 e. The molecule has 2 aromatic carbocycles. The second kappa shape index (κ2) is 23.5. The molecule has 0 unspecified atom stereocenters. The molecule has 6 aromatic rings. The molecule has 6 N–H and O–H groups in total. The van der Waals surface area contributed by atoms with Crippen molar-refractivity contribution in [2.24, 2.45) is 0 Å². The first-order valence-electron chi connectivity index (χ1n) is 24.8. The third kappa shape index (κ3) is 12.4. The van der Waals surface area contributed by atoms with Gasteiger partial charge in [-0.1, -0.05) is 47.5 Å². The van der Waals surface area contributed by atoms with E-state index in [4.69, 9.17) is 23.2 Å². The van der Waals surface area contributed by atoms with E-state index >= 15 is 0 Å². The van der Waals surface area contributed by atoms with Crippen LogP contribution in [-0.4, -0.2) is 107 Å². The van der Waals surface area contributed by atoms with E-state index in [-0.39, 0.29) is 59.4 Å². The van der Waals surface area contributed by atoms with E-state index in [0.717, 1.165) is 80.8 Å². The summed E-state index contributed by atoms with van der Waals surface area (Å²) in [6, 6.07) is 18.2. The van der Waals surface area contributed by atoms with Crippen LogP contribution in [0.5, 0.6) is 0 Å². The Morgan fingerprint density at radius 3 is 1.41 bits per heavy atom. The maximum Gasteiger partial charge on any atom is 0.264 e. The van der Waals surface area contributed by atoms with Crippen molar-refractivity contribution in [2.45, 2.75) is 88.4 Å². The lowest BCUT2D eigenvalue weighted by Gasteiger charge is -2.37. The number of aromatic nitrogens is 2. The monoisotopic (exact) mass is 1110 g/mol. The molecule has 0 saturated carbocycles. The quantitative estimate of drug-likeness (QED) is 0.0426. The molecule has 74 heavy (non-hydrogen) atoms. The van der Waals surface area contributed by atoms with Gasteiger partial charge in [-0.2, -0.15) is 0 Å². The lowest BCUT2D eigenvalue weighted by molar-refractivity contribution is -0.123. The summed E-state index contributed by atoms with van der Waals surface area (Å²) in [5, 5.41) is 22.5. The molecule has 4 aliphatic heterocycles. The Labute approximate surface area is 454 Å². The van der Waals surface area contributed by atoms with Gasteiger partial charge in [0, 0.05) is 97.5 Å². The number of halogens is 2. The summed E-state index contributed by atoms with van der Waals surface area (Å²) in [6.07, 6.45) is 8.93. The van der Waals surface area contributed by atoms with Crippen molar-refractivity contribution in [3.63, 3.8) is 0 Å². The summed E-state index contributed by atoms with van der Waals surface area (Å²) >= 11 is 19.2. The second-order valence-corrected chi connectivity index (χ2v) is 24.0. The van der Waals surface area contributed by atoms with E-state index in [1.54, 1.807) is 56.7 Å². The second-order valence-electron chi connectivity index (χ2n) is 18.9. The number of thiophene rings is 2. The summed E-state index contributed by atoms with van der Waals surface area (Å²) in [6.45, 7) is 4.59. The van der Waals surface area contributed by atoms with Gasteiger partial charge in [0.25, 0.3) is 11.8 Å². The predicted octanol–water partition coefficient (Wildman–Crippen LogP) is 8.72. The lowest BCUT2D eigenvalue weighted by atomic mass is 10.0. The minimum absolute atomic E-state index is 0.0516. The maximum absolute atomic E-state index is 13.2. The summed E-state index contributed by atoms with van der Waals surface area (Å²) in [7, 11) is 0. The SMILES string of the molecule is O=C(CCCCC(=O)NCc1ccc(-c2cnc(C3CN(C(=O)c4ccc(NC(=O)[C@@H]5CCCN5)s4)C3)s2)c(Cl)c1)NCc1ccc(-c2cnc(C3CN(C(=O)c4ccc(NC(=O)[C@@H]5CCCN5)s4)C3)s2)c(Cl)c1. The van der Waals surface area contributed by atoms with Crippen LogP contribution in [0.4, 0.5) is 10.0 Å². The number of amides is 6. The van der Waals surface area contributed by atoms with Crippen molar-refractivity contribution >= 4 is 114 Å². The van der Waals surface area contributed by atoms with Crippen molar-refractivity contribution in [1.29, 1.82) is 0 Å². The predicted molar refractivity (Wildman–Crippen MR) is 293 cm³/mol. The largest absolute Gasteiger partial charge is 0.352 e. The fourth-order valence-corrected chi connectivity index (χ4v) is 13.8. The number of nitrogens with one attached hydrogen (secondary N) is 6. The molecule has 0 bridgehead atoms. The van der Waals surface area contributed by atoms with E-state index < -0.39 is 0 Å². The highest BCUT2D eigenvalue weighted by Crippen LogP contribution is 2.40. The summed E-state index contributed by atoms with van der Waals surface area (Å²) < 4.78 is 0. The van der Waals surface area contributed by atoms with Gasteiger partial charge in [-0.05, 0) is 99.1 Å². The molecule has 4 aromatic heterocycles. The first-order chi connectivity index (χ1) is 35.9. The van der Waals surface area contributed by atoms with Gasteiger partial charge in [0.15, 0.2) is 0 Å². The number of carbonyl (C=O) groups excluding carboxylic acids is 6. The van der Waals surface area contributed by atoms with Crippen molar-refractivity contribution in [3.8, 4) is 20.9 Å². The molecule has 8 heterocycles. The lowest BCUT2D eigenvalue weighted by Crippen LogP contribution is -2.48. The van der Waals surface area contributed by atoms with Crippen molar-refractivity contribution < 1.29 is 28.8 Å². The van der Waals surface area contributed by atoms with Crippen LogP contribution >= 0.6 is 68.5 Å². The molecule has 22 heteroatoms. The number of hydrogen-bond donors (Lipinski definition) is 6. The van der Waals surface area contributed by atoms with E-state index in [1.807, 2.05) is 48.8 Å². The molecule has 6 amide bonds. The Morgan fingerprint density at radius 1 is 0.581 bits per heavy atom. The van der Waals surface area contributed by atoms with Gasteiger partial charge in [-0.15, -0.1) is 45.3 Å². The van der Waals surface area contributed by atoms with Gasteiger partial charge in [-0.25, -0.2) is 9.97 Å². The fourth-order valence-electron chi connectivity index (χ4n) is 9.27. The Hall–Kier alpha value is -5.58. The highest BCUT2D eigenvalue weighted by Gasteiger charge is 2.37. The normalized spacial score (nSPS) is 17.7. The van der Waals surface area contributed by atoms with Gasteiger partial charge >= 0.3 is 0 Å². The average Bonchev–Trinajstić information content (AvgIpc) is 4.23. The number of benzene rings is 2. The third-order valence-electron chi connectivity index (χ3n) is 13.6. The number of thiazole rings is 2. The van der Waals surface area contributed by atoms with Gasteiger partial charge in [-0.3, -0.25) is 28.8 Å². The van der Waals surface area contributed by atoms with Crippen LogP contribution in [0.25, 0.3) is 20.9 Å². The number of likely N-dealkylation sites (tertiary alicyclic amines) is 2. The number of hydrogen-bond acceptors (Lipinski definition) is 14. The van der Waals surface area contributed by atoms with E-state index in [9.17, 15) is 28.8 Å². The molecule has 10 rings (SSSR count). The minimum atomic E-state index is -0.182. The molecule has 0 aliphatic carbocycles. The molecule has 386 valence electrons. The molecule has 4 aliphatic rings. The van der Waals surface area contributed by atoms with Crippen LogP contribution < -0.4 is 31.9 Å². The molecule has 4 fully saturated rings. The zero-order chi connectivity index (χ0) is 51.3. The molecule has 2 atom stereocenters. The number of nitrogens with zero attached hydrogens (tertiary/aromatic N) is 4. The topological polar surface area (TPSA) is 207 Å². The molecular formula is C52H54Cl2N10O6S4. The van der Waals surface area contributed by atoms with E-state index in [2.05, 4.69) is 41.9 Å². The van der Waals surface area contributed by atoms with Crippen LogP contribution in [-0.2, 0) is 32.3 Å². The van der Waals surface area contributed by atoms with Crippen LogP contribution in [0.15, 0.2) is 73.1 Å². The first-order valence-corrected chi connectivity index (χ1v) is 28.8. The van der Waals surface area contributed by atoms with E-state index in [0.29, 0.717) is 94.8 Å². The van der Waals surface area contributed by atoms with Gasteiger partial charge in [0.2, 0.25) is 23.6 Å². The summed E-state index contributed by atoms with van der Waals surface area (Å²) in [5.74, 6) is -0.177. The van der Waals surface area contributed by atoms with Crippen molar-refractivity contribution in [3.05, 3.63) is 114 Å². The third-order valence-corrected chi connectivity index (χ3v) is 18.6. The number of anilines is 2. The van der Waals surface area contributed by atoms with Crippen LogP contribution in [0.3, 0.4) is 0 Å². The summed E-state index contributed by atoms with van der Waals surface area (Å²) in [4.78, 5) is 92.6. The highest BCUT2D eigenvalue weighted by molar-refractivity contribution is 7.18. The van der Waals surface area contributed by atoms with E-state index in [1.165, 1.54) is 22.7 Å².